The van der Waals surface area contributed by atoms with Crippen molar-refractivity contribution in [2.24, 2.45) is 0 Å². The second kappa shape index (κ2) is 9.85. The monoisotopic (exact) mass is 687 g/mol. The molecule has 4 aromatic carbocycles. The average molecular weight is 687 g/mol. The molecule has 0 aliphatic carbocycles. The van der Waals surface area contributed by atoms with E-state index in [1.165, 1.54) is 37.7 Å². The fraction of sp³-hybridized carbons (Fsp3) is 0.176. The van der Waals surface area contributed by atoms with Gasteiger partial charge >= 0.3 is 0 Å². The molecule has 2 aromatic heterocycles. The fourth-order valence-electron chi connectivity index (χ4n) is 5.60. The van der Waals surface area contributed by atoms with E-state index in [-0.39, 0.29) is 25.5 Å². The Morgan fingerprint density at radius 2 is 1.50 bits per heavy atom. The summed E-state index contributed by atoms with van der Waals surface area (Å²) in [6.45, 7) is 11.5. The Labute approximate surface area is 239 Å². The van der Waals surface area contributed by atoms with Crippen molar-refractivity contribution in [2.45, 2.75) is 39.3 Å². The van der Waals surface area contributed by atoms with Gasteiger partial charge in [0.15, 0.2) is 0 Å². The zero-order valence-electron chi connectivity index (χ0n) is 22.4. The Kier molecular flexibility index (Phi) is 6.85. The normalized spacial score (nSPS) is 13.4. The van der Waals surface area contributed by atoms with Gasteiger partial charge in [-0.3, -0.25) is 0 Å². The minimum atomic E-state index is -1.59. The van der Waals surface area contributed by atoms with Crippen molar-refractivity contribution in [3.8, 4) is 11.3 Å². The molecular weight excluding hydrogens is 657 g/mol. The fourth-order valence-corrected chi connectivity index (χ4v) is 8.66. The van der Waals surface area contributed by atoms with Crippen molar-refractivity contribution in [2.75, 3.05) is 0 Å². The largest absolute Gasteiger partial charge is 0.305 e. The molecule has 191 valence electrons. The molecule has 0 N–H and O–H groups in total. The molecule has 0 fully saturated rings. The van der Waals surface area contributed by atoms with Crippen LogP contribution in [0.4, 0.5) is 0 Å². The van der Waals surface area contributed by atoms with Crippen molar-refractivity contribution in [3.05, 3.63) is 109 Å². The summed E-state index contributed by atoms with van der Waals surface area (Å²) in [6.07, 6.45) is 3.76. The first-order valence-electron chi connectivity index (χ1n) is 12.9. The molecule has 7 rings (SSSR count). The summed E-state index contributed by atoms with van der Waals surface area (Å²) >= 11 is 0. The van der Waals surface area contributed by atoms with E-state index in [9.17, 15) is 0 Å². The quantitative estimate of drug-likeness (QED) is 0.103. The van der Waals surface area contributed by atoms with Crippen LogP contribution in [0.2, 0.25) is 13.1 Å². The van der Waals surface area contributed by atoms with Gasteiger partial charge in [0.1, 0.15) is 0 Å². The van der Waals surface area contributed by atoms with Gasteiger partial charge in [-0.25, -0.2) is 0 Å². The summed E-state index contributed by atoms with van der Waals surface area (Å²) < 4.78 is 0. The summed E-state index contributed by atoms with van der Waals surface area (Å²) in [5.74, 6) is 0. The van der Waals surface area contributed by atoms with E-state index < -0.39 is 8.07 Å². The Balaban J connectivity index is 0.000000157. The maximum absolute atomic E-state index is 4.66. The Bertz CT molecular complexity index is 1700. The minimum absolute atomic E-state index is 0. The summed E-state index contributed by atoms with van der Waals surface area (Å²) in [5, 5.41) is 9.76. The van der Waals surface area contributed by atoms with Gasteiger partial charge in [0.05, 0.1) is 8.07 Å². The minimum Gasteiger partial charge on any atom is -0.305 e. The molecule has 2 nitrogen and oxygen atoms in total. The zero-order valence-corrected chi connectivity index (χ0v) is 25.8. The molecule has 3 heterocycles. The molecule has 0 amide bonds. The molecule has 4 heteroatoms. The van der Waals surface area contributed by atoms with Crippen molar-refractivity contribution in [3.63, 3.8) is 0 Å². The van der Waals surface area contributed by atoms with Crippen LogP contribution in [0, 0.1) is 12.1 Å². The van der Waals surface area contributed by atoms with Crippen LogP contribution >= 0.6 is 0 Å². The van der Waals surface area contributed by atoms with Gasteiger partial charge in [0, 0.05) is 32.5 Å². The van der Waals surface area contributed by atoms with Crippen LogP contribution in [-0.4, -0.2) is 18.0 Å². The predicted octanol–water partition coefficient (Wildman–Crippen LogP) is 7.32. The zero-order chi connectivity index (χ0) is 25.8. The SMILES string of the molecule is CC(C)(C)c1ccnc(-c2[c-]cccc2)c1.C[Si]1(C)c2cc[c-]c3c4ncccc4c4cccc1c4c23.[Ir]. The summed E-state index contributed by atoms with van der Waals surface area (Å²) in [5.41, 5.74) is 4.59. The molecule has 1 radical (unpaired) electrons. The number of fused-ring (bicyclic) bond motifs is 3. The van der Waals surface area contributed by atoms with Gasteiger partial charge in [0.2, 0.25) is 0 Å². The maximum atomic E-state index is 4.66. The first kappa shape index (κ1) is 26.4. The molecule has 0 spiro atoms. The van der Waals surface area contributed by atoms with Crippen LogP contribution < -0.4 is 10.4 Å². The molecule has 1 aliphatic rings. The van der Waals surface area contributed by atoms with Crippen molar-refractivity contribution >= 4 is 50.9 Å². The number of hydrogen-bond acceptors (Lipinski definition) is 2. The Hall–Kier alpha value is -3.17. The summed E-state index contributed by atoms with van der Waals surface area (Å²) in [7, 11) is -1.59. The predicted molar refractivity (Wildman–Crippen MR) is 160 cm³/mol. The van der Waals surface area contributed by atoms with E-state index in [2.05, 4.69) is 104 Å². The first-order valence-corrected chi connectivity index (χ1v) is 15.9. The van der Waals surface area contributed by atoms with E-state index in [1.807, 2.05) is 42.7 Å². The third kappa shape index (κ3) is 4.31. The Morgan fingerprint density at radius 3 is 2.26 bits per heavy atom. The van der Waals surface area contributed by atoms with E-state index in [1.54, 1.807) is 5.19 Å². The van der Waals surface area contributed by atoms with Crippen LogP contribution in [0.1, 0.15) is 26.3 Å². The van der Waals surface area contributed by atoms with Gasteiger partial charge in [-0.2, -0.15) is 0 Å². The Morgan fingerprint density at radius 1 is 0.711 bits per heavy atom. The van der Waals surface area contributed by atoms with E-state index in [0.717, 1.165) is 16.8 Å². The number of hydrogen-bond donors (Lipinski definition) is 0. The molecule has 1 aliphatic heterocycles. The number of rotatable bonds is 1. The molecule has 0 saturated carbocycles. The molecule has 6 aromatic rings. The van der Waals surface area contributed by atoms with Crippen LogP contribution in [0.5, 0.6) is 0 Å². The topological polar surface area (TPSA) is 25.8 Å². The van der Waals surface area contributed by atoms with Crippen molar-refractivity contribution in [1.82, 2.24) is 9.97 Å². The maximum Gasteiger partial charge on any atom is 0.0932 e. The molecular formula is C34H30IrN2Si-2. The van der Waals surface area contributed by atoms with Crippen molar-refractivity contribution < 1.29 is 20.1 Å². The summed E-state index contributed by atoms with van der Waals surface area (Å²) in [6, 6.07) is 34.2. The van der Waals surface area contributed by atoms with Gasteiger partial charge in [0.25, 0.3) is 0 Å². The molecule has 0 bridgehead atoms. The second-order valence-electron chi connectivity index (χ2n) is 11.4. The number of aromatic nitrogens is 2. The van der Waals surface area contributed by atoms with Crippen LogP contribution in [0.25, 0.3) is 43.7 Å². The number of benzene rings is 4. The smallest absolute Gasteiger partial charge is 0.0932 e. The molecule has 38 heavy (non-hydrogen) atoms. The van der Waals surface area contributed by atoms with Gasteiger partial charge < -0.3 is 9.97 Å². The number of nitrogens with zero attached hydrogens (tertiary/aromatic N) is 2. The third-order valence-electron chi connectivity index (χ3n) is 7.60. The van der Waals surface area contributed by atoms with Crippen LogP contribution in [-0.2, 0) is 25.5 Å². The van der Waals surface area contributed by atoms with Crippen LogP contribution in [0.15, 0.2) is 91.3 Å². The number of pyridine rings is 2. The van der Waals surface area contributed by atoms with E-state index in [0.29, 0.717) is 0 Å². The van der Waals surface area contributed by atoms with Gasteiger partial charge in [-0.15, -0.1) is 64.7 Å². The van der Waals surface area contributed by atoms with Crippen LogP contribution in [0.3, 0.4) is 0 Å². The van der Waals surface area contributed by atoms with Gasteiger partial charge in [-0.1, -0.05) is 80.2 Å². The molecule has 0 unspecified atom stereocenters. The average Bonchev–Trinajstić information content (AvgIpc) is 3.16. The first-order chi connectivity index (χ1) is 17.8. The second-order valence-corrected chi connectivity index (χ2v) is 15.7. The molecule has 0 atom stereocenters. The van der Waals surface area contributed by atoms with Crippen molar-refractivity contribution in [1.29, 1.82) is 0 Å². The molecule has 0 saturated heterocycles. The standard InChI is InChI=1S/C19H14NSi.C15H16N.Ir/c1-21(2)15-9-3-6-12-13-8-5-11-20-19(13)14-7-4-10-16(21)18(14)17(12)15;1-15(2,3)13-9-10-16-14(11-13)12-7-5-4-6-8-12;/h3-6,8-11H,1-2H3;4-7,9-11H,1-3H3;/q2*-1;. The van der Waals surface area contributed by atoms with E-state index in [4.69, 9.17) is 0 Å². The van der Waals surface area contributed by atoms with E-state index >= 15 is 0 Å². The third-order valence-corrected chi connectivity index (χ3v) is 11.1. The van der Waals surface area contributed by atoms with Gasteiger partial charge in [-0.05, 0) is 45.1 Å². The summed E-state index contributed by atoms with van der Waals surface area (Å²) in [4.78, 5) is 9.05.